The number of hydrogen-bond donors (Lipinski definition) is 2. The maximum Gasteiger partial charge on any atom is 0.416 e. The second kappa shape index (κ2) is 6.45. The van der Waals surface area contributed by atoms with Gasteiger partial charge in [-0.15, -0.1) is 0 Å². The van der Waals surface area contributed by atoms with Crippen molar-refractivity contribution in [1.29, 1.82) is 0 Å². The molecule has 0 amide bonds. The second-order valence-corrected chi connectivity index (χ2v) is 4.12. The summed E-state index contributed by atoms with van der Waals surface area (Å²) >= 11 is 0. The van der Waals surface area contributed by atoms with Gasteiger partial charge in [0, 0.05) is 13.2 Å². The van der Waals surface area contributed by atoms with Crippen LogP contribution in [0.5, 0.6) is 0 Å². The zero-order valence-electron chi connectivity index (χ0n) is 10.3. The fourth-order valence-corrected chi connectivity index (χ4v) is 1.62. The number of rotatable bonds is 5. The van der Waals surface area contributed by atoms with Gasteiger partial charge in [-0.2, -0.15) is 26.3 Å². The summed E-state index contributed by atoms with van der Waals surface area (Å²) in [5.74, 6) is 0. The molecule has 0 aliphatic rings. The molecule has 1 rings (SSSR count). The standard InChI is InChI=1S/C12H13F6NO/c13-11(14,15)9-2-3-10(12(16,17)18)8(6-9)7-19-4-1-5-20/h2-3,6,19-20H,1,4-5,7H2. The van der Waals surface area contributed by atoms with E-state index in [4.69, 9.17) is 5.11 Å². The van der Waals surface area contributed by atoms with E-state index in [1.54, 1.807) is 0 Å². The van der Waals surface area contributed by atoms with Crippen LogP contribution in [0.2, 0.25) is 0 Å². The van der Waals surface area contributed by atoms with E-state index in [0.717, 1.165) is 0 Å². The van der Waals surface area contributed by atoms with Crippen LogP contribution < -0.4 is 5.32 Å². The van der Waals surface area contributed by atoms with E-state index in [2.05, 4.69) is 5.32 Å². The molecule has 0 saturated carbocycles. The van der Waals surface area contributed by atoms with Crippen LogP contribution in [0.1, 0.15) is 23.1 Å². The lowest BCUT2D eigenvalue weighted by Crippen LogP contribution is -2.20. The molecule has 0 aliphatic heterocycles. The Hall–Kier alpha value is -1.28. The Balaban J connectivity index is 3.01. The molecule has 0 unspecified atom stereocenters. The first-order chi connectivity index (χ1) is 9.16. The highest BCUT2D eigenvalue weighted by Gasteiger charge is 2.36. The average molecular weight is 301 g/mol. The van der Waals surface area contributed by atoms with Gasteiger partial charge in [0.2, 0.25) is 0 Å². The Morgan fingerprint density at radius 3 is 2.15 bits per heavy atom. The van der Waals surface area contributed by atoms with Crippen LogP contribution in [0, 0.1) is 0 Å². The number of benzene rings is 1. The summed E-state index contributed by atoms with van der Waals surface area (Å²) in [6.45, 7) is -0.287. The van der Waals surface area contributed by atoms with Crippen molar-refractivity contribution in [2.45, 2.75) is 25.3 Å². The first-order valence-corrected chi connectivity index (χ1v) is 5.75. The molecule has 0 atom stereocenters. The third kappa shape index (κ3) is 4.68. The summed E-state index contributed by atoms with van der Waals surface area (Å²) in [5.41, 5.74) is -2.68. The minimum absolute atomic E-state index is 0.151. The molecule has 20 heavy (non-hydrogen) atoms. The summed E-state index contributed by atoms with van der Waals surface area (Å²) in [6.07, 6.45) is -9.09. The first kappa shape index (κ1) is 16.8. The maximum atomic E-state index is 12.7. The molecular weight excluding hydrogens is 288 g/mol. The van der Waals surface area contributed by atoms with Crippen LogP contribution in [0.25, 0.3) is 0 Å². The van der Waals surface area contributed by atoms with E-state index in [1.807, 2.05) is 0 Å². The van der Waals surface area contributed by atoms with Gasteiger partial charge in [-0.1, -0.05) is 0 Å². The Morgan fingerprint density at radius 1 is 1.00 bits per heavy atom. The fourth-order valence-electron chi connectivity index (χ4n) is 1.62. The highest BCUT2D eigenvalue weighted by atomic mass is 19.4. The highest BCUT2D eigenvalue weighted by Crippen LogP contribution is 2.36. The normalized spacial score (nSPS) is 12.8. The van der Waals surface area contributed by atoms with Gasteiger partial charge in [0.05, 0.1) is 11.1 Å². The minimum atomic E-state index is -4.71. The van der Waals surface area contributed by atoms with Gasteiger partial charge < -0.3 is 10.4 Å². The van der Waals surface area contributed by atoms with Crippen LogP contribution in [0.15, 0.2) is 18.2 Å². The van der Waals surface area contributed by atoms with Gasteiger partial charge >= 0.3 is 12.4 Å². The minimum Gasteiger partial charge on any atom is -0.396 e. The van der Waals surface area contributed by atoms with Crippen molar-refractivity contribution in [2.75, 3.05) is 13.2 Å². The second-order valence-electron chi connectivity index (χ2n) is 4.12. The smallest absolute Gasteiger partial charge is 0.396 e. The number of aliphatic hydroxyl groups excluding tert-OH is 1. The van der Waals surface area contributed by atoms with E-state index < -0.39 is 29.0 Å². The first-order valence-electron chi connectivity index (χ1n) is 5.75. The number of aliphatic hydroxyl groups is 1. The molecule has 0 heterocycles. The monoisotopic (exact) mass is 301 g/mol. The summed E-state index contributed by atoms with van der Waals surface area (Å²) in [4.78, 5) is 0. The largest absolute Gasteiger partial charge is 0.416 e. The molecule has 0 fully saturated rings. The number of nitrogens with one attached hydrogen (secondary N) is 1. The molecule has 0 bridgehead atoms. The van der Waals surface area contributed by atoms with Gasteiger partial charge in [-0.25, -0.2) is 0 Å². The molecule has 0 saturated heterocycles. The van der Waals surface area contributed by atoms with Crippen molar-refractivity contribution in [2.24, 2.45) is 0 Å². The zero-order chi connectivity index (χ0) is 15.4. The molecule has 8 heteroatoms. The third-order valence-corrected chi connectivity index (χ3v) is 2.57. The van der Waals surface area contributed by atoms with Crippen LogP contribution in [-0.4, -0.2) is 18.3 Å². The fraction of sp³-hybridized carbons (Fsp3) is 0.500. The van der Waals surface area contributed by atoms with Gasteiger partial charge in [-0.05, 0) is 36.7 Å². The number of alkyl halides is 6. The Bertz CT molecular complexity index is 441. The summed E-state index contributed by atoms with van der Waals surface area (Å²) < 4.78 is 75.6. The summed E-state index contributed by atoms with van der Waals surface area (Å²) in [7, 11) is 0. The zero-order valence-corrected chi connectivity index (χ0v) is 10.3. The predicted octanol–water partition coefficient (Wildman–Crippen LogP) is 3.20. The topological polar surface area (TPSA) is 32.3 Å². The van der Waals surface area contributed by atoms with Crippen LogP contribution in [0.4, 0.5) is 26.3 Å². The number of hydrogen-bond acceptors (Lipinski definition) is 2. The Kier molecular flexibility index (Phi) is 5.41. The summed E-state index contributed by atoms with van der Waals surface area (Å²) in [6, 6.07) is 1.35. The van der Waals surface area contributed by atoms with Crippen LogP contribution in [-0.2, 0) is 18.9 Å². The molecule has 0 spiro atoms. The van der Waals surface area contributed by atoms with Crippen LogP contribution >= 0.6 is 0 Å². The van der Waals surface area contributed by atoms with Crippen molar-refractivity contribution in [3.05, 3.63) is 34.9 Å². The van der Waals surface area contributed by atoms with E-state index >= 15 is 0 Å². The average Bonchev–Trinajstić information content (AvgIpc) is 2.32. The molecule has 1 aromatic carbocycles. The Morgan fingerprint density at radius 2 is 1.65 bits per heavy atom. The summed E-state index contributed by atoms with van der Waals surface area (Å²) in [5, 5.41) is 11.1. The van der Waals surface area contributed by atoms with Crippen molar-refractivity contribution < 1.29 is 31.4 Å². The maximum absolute atomic E-state index is 12.7. The third-order valence-electron chi connectivity index (χ3n) is 2.57. The highest BCUT2D eigenvalue weighted by molar-refractivity contribution is 5.35. The van der Waals surface area contributed by atoms with Gasteiger partial charge in [0.15, 0.2) is 0 Å². The molecule has 114 valence electrons. The molecule has 2 N–H and O–H groups in total. The van der Waals surface area contributed by atoms with Crippen molar-refractivity contribution in [3.63, 3.8) is 0 Å². The SMILES string of the molecule is OCCCNCc1cc(C(F)(F)F)ccc1C(F)(F)F. The lowest BCUT2D eigenvalue weighted by molar-refractivity contribution is -0.141. The molecule has 1 aromatic rings. The number of halogens is 6. The lowest BCUT2D eigenvalue weighted by Gasteiger charge is -2.16. The van der Waals surface area contributed by atoms with E-state index in [-0.39, 0.29) is 19.7 Å². The molecule has 0 aromatic heterocycles. The van der Waals surface area contributed by atoms with Crippen molar-refractivity contribution in [1.82, 2.24) is 5.32 Å². The van der Waals surface area contributed by atoms with E-state index in [0.29, 0.717) is 24.6 Å². The Labute approximate surface area is 111 Å². The predicted molar refractivity (Wildman–Crippen MR) is 59.9 cm³/mol. The van der Waals surface area contributed by atoms with Crippen molar-refractivity contribution in [3.8, 4) is 0 Å². The lowest BCUT2D eigenvalue weighted by atomic mass is 10.0. The van der Waals surface area contributed by atoms with E-state index in [9.17, 15) is 26.3 Å². The molecule has 2 nitrogen and oxygen atoms in total. The molecule has 0 radical (unpaired) electrons. The van der Waals surface area contributed by atoms with Gasteiger partial charge in [-0.3, -0.25) is 0 Å². The van der Waals surface area contributed by atoms with Crippen molar-refractivity contribution >= 4 is 0 Å². The quantitative estimate of drug-likeness (QED) is 0.646. The van der Waals surface area contributed by atoms with E-state index in [1.165, 1.54) is 0 Å². The molecule has 0 aliphatic carbocycles. The molecular formula is C12H13F6NO. The van der Waals surface area contributed by atoms with Gasteiger partial charge in [0.1, 0.15) is 0 Å². The van der Waals surface area contributed by atoms with Gasteiger partial charge in [0.25, 0.3) is 0 Å². The van der Waals surface area contributed by atoms with Crippen LogP contribution in [0.3, 0.4) is 0 Å².